The highest BCUT2D eigenvalue weighted by Crippen LogP contribution is 2.27. The Labute approximate surface area is 115 Å². The quantitative estimate of drug-likeness (QED) is 0.893. The maximum Gasteiger partial charge on any atom is 0.249 e. The zero-order valence-corrected chi connectivity index (χ0v) is 11.8. The number of nitrogens with two attached hydrogens (primary N) is 2. The van der Waals surface area contributed by atoms with Crippen LogP contribution in [0.25, 0.3) is 0 Å². The second kappa shape index (κ2) is 5.71. The lowest BCUT2D eigenvalue weighted by Crippen LogP contribution is -2.36. The van der Waals surface area contributed by atoms with E-state index in [-0.39, 0.29) is 0 Å². The first kappa shape index (κ1) is 13.4. The Bertz CT molecular complexity index is 442. The number of piperidine rings is 1. The van der Waals surface area contributed by atoms with Crippen molar-refractivity contribution in [3.05, 3.63) is 28.2 Å². The molecular formula is C13H18BrN3O. The van der Waals surface area contributed by atoms with Gasteiger partial charge >= 0.3 is 0 Å². The summed E-state index contributed by atoms with van der Waals surface area (Å²) in [6.45, 7) is 2.81. The topological polar surface area (TPSA) is 72.3 Å². The number of nitrogens with zero attached hydrogens (tertiary/aromatic N) is 1. The Hall–Kier alpha value is -1.07. The van der Waals surface area contributed by atoms with Crippen molar-refractivity contribution in [2.24, 2.45) is 17.4 Å². The lowest BCUT2D eigenvalue weighted by Gasteiger charge is -2.33. The predicted molar refractivity (Wildman–Crippen MR) is 76.7 cm³/mol. The van der Waals surface area contributed by atoms with Crippen LogP contribution in [0.3, 0.4) is 0 Å². The lowest BCUT2D eigenvalue weighted by atomic mass is 9.96. The first-order chi connectivity index (χ1) is 8.61. The smallest absolute Gasteiger partial charge is 0.249 e. The van der Waals surface area contributed by atoms with Crippen LogP contribution in [-0.2, 0) is 0 Å². The predicted octanol–water partition coefficient (Wildman–Crippen LogP) is 1.72. The number of carbonyl (C=O) groups excluding carboxylic acids is 1. The molecule has 98 valence electrons. The van der Waals surface area contributed by atoms with Gasteiger partial charge in [0.15, 0.2) is 0 Å². The minimum absolute atomic E-state index is 0.407. The molecule has 1 aromatic rings. The maximum absolute atomic E-state index is 11.2. The molecule has 4 nitrogen and oxygen atoms in total. The summed E-state index contributed by atoms with van der Waals surface area (Å²) < 4.78 is 0.758. The molecule has 1 saturated heterocycles. The van der Waals surface area contributed by atoms with E-state index in [1.165, 1.54) is 0 Å². The molecule has 5 heteroatoms. The van der Waals surface area contributed by atoms with Gasteiger partial charge in [-0.1, -0.05) is 0 Å². The summed E-state index contributed by atoms with van der Waals surface area (Å²) in [5.74, 6) is 0.241. The number of halogens is 1. The Morgan fingerprint density at radius 2 is 2.06 bits per heavy atom. The van der Waals surface area contributed by atoms with Crippen molar-refractivity contribution < 1.29 is 4.79 Å². The van der Waals surface area contributed by atoms with E-state index in [1.807, 2.05) is 12.1 Å². The summed E-state index contributed by atoms with van der Waals surface area (Å²) in [7, 11) is 0. The van der Waals surface area contributed by atoms with Gasteiger partial charge in [0.25, 0.3) is 0 Å². The monoisotopic (exact) mass is 311 g/mol. The second-order valence-electron chi connectivity index (χ2n) is 4.69. The summed E-state index contributed by atoms with van der Waals surface area (Å²) in [6, 6.07) is 5.69. The van der Waals surface area contributed by atoms with E-state index in [1.54, 1.807) is 6.07 Å². The zero-order chi connectivity index (χ0) is 13.1. The normalized spacial score (nSPS) is 16.9. The van der Waals surface area contributed by atoms with Gasteiger partial charge in [-0.2, -0.15) is 0 Å². The molecule has 1 aromatic carbocycles. The largest absolute Gasteiger partial charge is 0.371 e. The summed E-state index contributed by atoms with van der Waals surface area (Å²) in [6.07, 6.45) is 2.26. The molecule has 0 atom stereocenters. The molecular weight excluding hydrogens is 294 g/mol. The van der Waals surface area contributed by atoms with Gasteiger partial charge in [0.2, 0.25) is 5.91 Å². The Balaban J connectivity index is 2.11. The number of anilines is 1. The molecule has 1 fully saturated rings. The summed E-state index contributed by atoms with van der Waals surface area (Å²) in [4.78, 5) is 13.5. The fourth-order valence-electron chi connectivity index (χ4n) is 2.33. The number of benzene rings is 1. The highest BCUT2D eigenvalue weighted by Gasteiger charge is 2.19. The molecule has 0 spiro atoms. The van der Waals surface area contributed by atoms with Gasteiger partial charge in [-0.15, -0.1) is 0 Å². The first-order valence-electron chi connectivity index (χ1n) is 6.16. The molecule has 4 N–H and O–H groups in total. The second-order valence-corrected chi connectivity index (χ2v) is 5.55. The van der Waals surface area contributed by atoms with E-state index in [2.05, 4.69) is 20.8 Å². The number of hydrogen-bond donors (Lipinski definition) is 2. The highest BCUT2D eigenvalue weighted by atomic mass is 79.9. The molecule has 0 aromatic heterocycles. The van der Waals surface area contributed by atoms with Crippen molar-refractivity contribution >= 4 is 27.5 Å². The molecule has 1 heterocycles. The molecule has 0 saturated carbocycles. The summed E-state index contributed by atoms with van der Waals surface area (Å²) in [5, 5.41) is 0. The lowest BCUT2D eigenvalue weighted by molar-refractivity contribution is 0.0999. The van der Waals surface area contributed by atoms with Gasteiger partial charge in [0, 0.05) is 23.2 Å². The van der Waals surface area contributed by atoms with Crippen molar-refractivity contribution in [1.82, 2.24) is 0 Å². The van der Waals surface area contributed by atoms with Crippen LogP contribution in [0.4, 0.5) is 5.69 Å². The molecule has 1 amide bonds. The van der Waals surface area contributed by atoms with Crippen LogP contribution in [0.15, 0.2) is 22.7 Å². The summed E-state index contributed by atoms with van der Waals surface area (Å²) >= 11 is 3.39. The van der Waals surface area contributed by atoms with Crippen molar-refractivity contribution in [2.45, 2.75) is 12.8 Å². The molecule has 0 aliphatic carbocycles. The van der Waals surface area contributed by atoms with Crippen LogP contribution in [0, 0.1) is 5.92 Å². The SMILES string of the molecule is NCC1CCN(c2ccc(C(N)=O)c(Br)c2)CC1. The van der Waals surface area contributed by atoms with Crippen LogP contribution >= 0.6 is 15.9 Å². The van der Waals surface area contributed by atoms with Gasteiger partial charge in [-0.3, -0.25) is 4.79 Å². The zero-order valence-electron chi connectivity index (χ0n) is 10.2. The third kappa shape index (κ3) is 2.84. The van der Waals surface area contributed by atoms with E-state index in [9.17, 15) is 4.79 Å². The minimum atomic E-state index is -0.407. The molecule has 0 radical (unpaired) electrons. The molecule has 0 bridgehead atoms. The van der Waals surface area contributed by atoms with Crippen molar-refractivity contribution in [3.63, 3.8) is 0 Å². The van der Waals surface area contributed by atoms with Crippen LogP contribution in [0.2, 0.25) is 0 Å². The average Bonchev–Trinajstić information content (AvgIpc) is 2.38. The highest BCUT2D eigenvalue weighted by molar-refractivity contribution is 9.10. The van der Waals surface area contributed by atoms with Crippen molar-refractivity contribution in [2.75, 3.05) is 24.5 Å². The fraction of sp³-hybridized carbons (Fsp3) is 0.462. The third-order valence-corrected chi connectivity index (χ3v) is 4.19. The molecule has 1 aliphatic heterocycles. The average molecular weight is 312 g/mol. The van der Waals surface area contributed by atoms with Crippen molar-refractivity contribution in [3.8, 4) is 0 Å². The van der Waals surface area contributed by atoms with E-state index in [4.69, 9.17) is 11.5 Å². The standard InChI is InChI=1S/C13H18BrN3O/c14-12-7-10(1-2-11(12)13(16)18)17-5-3-9(8-15)4-6-17/h1-2,7,9H,3-6,8,15H2,(H2,16,18). The summed E-state index contributed by atoms with van der Waals surface area (Å²) in [5.41, 5.74) is 12.6. The molecule has 18 heavy (non-hydrogen) atoms. The Morgan fingerprint density at radius 1 is 1.39 bits per heavy atom. The number of primary amides is 1. The van der Waals surface area contributed by atoms with E-state index < -0.39 is 5.91 Å². The van der Waals surface area contributed by atoms with E-state index in [0.29, 0.717) is 11.5 Å². The van der Waals surface area contributed by atoms with Gasteiger partial charge in [0.1, 0.15) is 0 Å². The van der Waals surface area contributed by atoms with Crippen LogP contribution in [0.1, 0.15) is 23.2 Å². The van der Waals surface area contributed by atoms with Crippen LogP contribution in [0.5, 0.6) is 0 Å². The molecule has 0 unspecified atom stereocenters. The van der Waals surface area contributed by atoms with Gasteiger partial charge in [-0.05, 0) is 59.4 Å². The number of carbonyl (C=O) groups is 1. The Morgan fingerprint density at radius 3 is 2.56 bits per heavy atom. The number of amides is 1. The fourth-order valence-corrected chi connectivity index (χ4v) is 2.89. The first-order valence-corrected chi connectivity index (χ1v) is 6.95. The van der Waals surface area contributed by atoms with Crippen LogP contribution in [-0.4, -0.2) is 25.5 Å². The van der Waals surface area contributed by atoms with Gasteiger partial charge in [-0.25, -0.2) is 0 Å². The number of hydrogen-bond acceptors (Lipinski definition) is 3. The number of rotatable bonds is 3. The third-order valence-electron chi connectivity index (χ3n) is 3.53. The Kier molecular flexibility index (Phi) is 4.24. The van der Waals surface area contributed by atoms with Gasteiger partial charge in [0.05, 0.1) is 5.56 Å². The molecule has 2 rings (SSSR count). The molecule has 1 aliphatic rings. The maximum atomic E-state index is 11.2. The van der Waals surface area contributed by atoms with E-state index >= 15 is 0 Å². The van der Waals surface area contributed by atoms with E-state index in [0.717, 1.165) is 42.6 Å². The minimum Gasteiger partial charge on any atom is -0.371 e. The van der Waals surface area contributed by atoms with Crippen molar-refractivity contribution in [1.29, 1.82) is 0 Å². The van der Waals surface area contributed by atoms with Gasteiger partial charge < -0.3 is 16.4 Å². The van der Waals surface area contributed by atoms with Crippen LogP contribution < -0.4 is 16.4 Å².